The third kappa shape index (κ3) is 6.37. The van der Waals surface area contributed by atoms with E-state index in [1.54, 1.807) is 0 Å². The van der Waals surface area contributed by atoms with Gasteiger partial charge in [-0.2, -0.15) is 5.26 Å². The summed E-state index contributed by atoms with van der Waals surface area (Å²) < 4.78 is 0. The fraction of sp³-hybridized carbons (Fsp3) is 0.933. The topological polar surface area (TPSA) is 39.1 Å². The molecule has 1 saturated carbocycles. The molecule has 0 radical (unpaired) electrons. The highest BCUT2D eigenvalue weighted by Crippen LogP contribution is 2.24. The molecular weight excluding hydrogens is 222 g/mol. The smallest absolute Gasteiger partial charge is 0.108 e. The molecule has 0 spiro atoms. The molecule has 1 N–H and O–H groups in total. The Morgan fingerprint density at radius 2 is 1.89 bits per heavy atom. The van der Waals surface area contributed by atoms with Crippen LogP contribution in [-0.2, 0) is 0 Å². The molecule has 0 bridgehead atoms. The van der Waals surface area contributed by atoms with E-state index in [0.29, 0.717) is 0 Å². The zero-order chi connectivity index (χ0) is 13.6. The van der Waals surface area contributed by atoms with Crippen LogP contribution in [0.3, 0.4) is 0 Å². The van der Waals surface area contributed by atoms with E-state index in [1.165, 1.54) is 32.1 Å². The van der Waals surface area contributed by atoms with Crippen molar-refractivity contribution in [1.29, 1.82) is 5.26 Å². The van der Waals surface area contributed by atoms with Gasteiger partial charge in [0.25, 0.3) is 0 Å². The standard InChI is InChI=1S/C15H29N3/c1-15(2,3)17-14(10-16)12-18(4)11-13-8-6-5-7-9-13/h13-14,17H,5-9,11-12H2,1-4H3. The first-order valence-electron chi connectivity index (χ1n) is 7.26. The Labute approximate surface area is 113 Å². The Balaban J connectivity index is 2.32. The predicted octanol–water partition coefficient (Wildman–Crippen LogP) is 2.78. The number of rotatable bonds is 5. The molecule has 1 rings (SSSR count). The van der Waals surface area contributed by atoms with Gasteiger partial charge in [0.15, 0.2) is 0 Å². The van der Waals surface area contributed by atoms with Crippen LogP contribution in [0.1, 0.15) is 52.9 Å². The summed E-state index contributed by atoms with van der Waals surface area (Å²) in [5, 5.41) is 12.6. The SMILES string of the molecule is CN(CC1CCCCC1)CC(C#N)NC(C)(C)C. The second-order valence-corrected chi connectivity index (χ2v) is 6.80. The van der Waals surface area contributed by atoms with Crippen molar-refractivity contribution in [2.45, 2.75) is 64.5 Å². The molecule has 0 saturated heterocycles. The molecule has 1 aliphatic rings. The van der Waals surface area contributed by atoms with Crippen molar-refractivity contribution in [1.82, 2.24) is 10.2 Å². The van der Waals surface area contributed by atoms with Crippen molar-refractivity contribution < 1.29 is 0 Å². The van der Waals surface area contributed by atoms with Gasteiger partial charge in [-0.3, -0.25) is 5.32 Å². The van der Waals surface area contributed by atoms with Crippen LogP contribution < -0.4 is 5.32 Å². The number of nitrogens with one attached hydrogen (secondary N) is 1. The second-order valence-electron chi connectivity index (χ2n) is 6.80. The highest BCUT2D eigenvalue weighted by Gasteiger charge is 2.20. The monoisotopic (exact) mass is 251 g/mol. The maximum absolute atomic E-state index is 9.20. The van der Waals surface area contributed by atoms with Gasteiger partial charge in [0.1, 0.15) is 6.04 Å². The van der Waals surface area contributed by atoms with E-state index in [0.717, 1.165) is 19.0 Å². The largest absolute Gasteiger partial charge is 0.303 e. The van der Waals surface area contributed by atoms with Crippen LogP contribution in [0.5, 0.6) is 0 Å². The summed E-state index contributed by atoms with van der Waals surface area (Å²) in [4.78, 5) is 2.32. The molecule has 0 aliphatic heterocycles. The van der Waals surface area contributed by atoms with Gasteiger partial charge in [-0.15, -0.1) is 0 Å². The first kappa shape index (κ1) is 15.5. The van der Waals surface area contributed by atoms with Crippen LogP contribution in [-0.4, -0.2) is 36.6 Å². The van der Waals surface area contributed by atoms with Crippen LogP contribution in [0.15, 0.2) is 0 Å². The van der Waals surface area contributed by atoms with Crippen molar-refractivity contribution >= 4 is 0 Å². The van der Waals surface area contributed by atoms with Gasteiger partial charge in [0, 0.05) is 18.6 Å². The van der Waals surface area contributed by atoms with Gasteiger partial charge >= 0.3 is 0 Å². The molecular formula is C15H29N3. The number of likely N-dealkylation sites (N-methyl/N-ethyl adjacent to an activating group) is 1. The average Bonchev–Trinajstić information content (AvgIpc) is 2.27. The summed E-state index contributed by atoms with van der Waals surface area (Å²) in [6.45, 7) is 8.30. The summed E-state index contributed by atoms with van der Waals surface area (Å²) in [5.74, 6) is 0.845. The summed E-state index contributed by atoms with van der Waals surface area (Å²) in [6.07, 6.45) is 6.93. The minimum atomic E-state index is -0.0707. The minimum absolute atomic E-state index is 0.00603. The van der Waals surface area contributed by atoms with Crippen LogP contribution in [0.25, 0.3) is 0 Å². The quantitative estimate of drug-likeness (QED) is 0.816. The van der Waals surface area contributed by atoms with Gasteiger partial charge < -0.3 is 4.90 Å². The van der Waals surface area contributed by atoms with Gasteiger partial charge in [0.2, 0.25) is 0 Å². The lowest BCUT2D eigenvalue weighted by molar-refractivity contribution is 0.216. The van der Waals surface area contributed by atoms with Gasteiger partial charge in [0.05, 0.1) is 6.07 Å². The van der Waals surface area contributed by atoms with E-state index < -0.39 is 0 Å². The van der Waals surface area contributed by atoms with E-state index in [4.69, 9.17) is 0 Å². The predicted molar refractivity (Wildman–Crippen MR) is 76.4 cm³/mol. The third-order valence-corrected chi connectivity index (χ3v) is 3.55. The van der Waals surface area contributed by atoms with Crippen molar-refractivity contribution in [3.8, 4) is 6.07 Å². The van der Waals surface area contributed by atoms with Crippen molar-refractivity contribution in [3.63, 3.8) is 0 Å². The molecule has 3 heteroatoms. The first-order chi connectivity index (χ1) is 8.40. The molecule has 0 amide bonds. The lowest BCUT2D eigenvalue weighted by Gasteiger charge is -2.30. The number of hydrogen-bond acceptors (Lipinski definition) is 3. The van der Waals surface area contributed by atoms with E-state index in [2.05, 4.69) is 44.1 Å². The molecule has 0 aromatic carbocycles. The Hall–Kier alpha value is -0.590. The highest BCUT2D eigenvalue weighted by molar-refractivity contribution is 4.95. The lowest BCUT2D eigenvalue weighted by Crippen LogP contribution is -2.48. The van der Waals surface area contributed by atoms with Gasteiger partial charge in [-0.05, 0) is 46.6 Å². The minimum Gasteiger partial charge on any atom is -0.303 e. The normalized spacial score (nSPS) is 19.8. The lowest BCUT2D eigenvalue weighted by atomic mass is 9.89. The van der Waals surface area contributed by atoms with Crippen molar-refractivity contribution in [2.75, 3.05) is 20.1 Å². The van der Waals surface area contributed by atoms with E-state index in [-0.39, 0.29) is 11.6 Å². The molecule has 1 aliphatic carbocycles. The second kappa shape index (κ2) is 7.11. The summed E-state index contributed by atoms with van der Waals surface area (Å²) >= 11 is 0. The van der Waals surface area contributed by atoms with E-state index in [9.17, 15) is 5.26 Å². The van der Waals surface area contributed by atoms with Gasteiger partial charge in [-0.25, -0.2) is 0 Å². The summed E-state index contributed by atoms with van der Waals surface area (Å²) in [7, 11) is 2.14. The Kier molecular flexibility index (Phi) is 6.11. The van der Waals surface area contributed by atoms with Crippen molar-refractivity contribution in [2.24, 2.45) is 5.92 Å². The molecule has 104 valence electrons. The van der Waals surface area contributed by atoms with Gasteiger partial charge in [-0.1, -0.05) is 19.3 Å². The Morgan fingerprint density at radius 1 is 1.28 bits per heavy atom. The Bertz CT molecular complexity index is 268. The first-order valence-corrected chi connectivity index (χ1v) is 7.26. The average molecular weight is 251 g/mol. The zero-order valence-corrected chi connectivity index (χ0v) is 12.5. The fourth-order valence-corrected chi connectivity index (χ4v) is 2.84. The molecule has 1 unspecified atom stereocenters. The molecule has 0 aromatic rings. The number of hydrogen-bond donors (Lipinski definition) is 1. The zero-order valence-electron chi connectivity index (χ0n) is 12.5. The molecule has 18 heavy (non-hydrogen) atoms. The molecule has 0 aromatic heterocycles. The third-order valence-electron chi connectivity index (χ3n) is 3.55. The highest BCUT2D eigenvalue weighted by atomic mass is 15.1. The molecule has 0 heterocycles. The molecule has 1 atom stereocenters. The van der Waals surface area contributed by atoms with Crippen LogP contribution in [0.2, 0.25) is 0 Å². The van der Waals surface area contributed by atoms with E-state index >= 15 is 0 Å². The van der Waals surface area contributed by atoms with Crippen LogP contribution >= 0.6 is 0 Å². The van der Waals surface area contributed by atoms with Crippen LogP contribution in [0, 0.1) is 17.2 Å². The molecule has 3 nitrogen and oxygen atoms in total. The summed E-state index contributed by atoms with van der Waals surface area (Å²) in [5.41, 5.74) is 0.00603. The van der Waals surface area contributed by atoms with Crippen LogP contribution in [0.4, 0.5) is 0 Å². The summed E-state index contributed by atoms with van der Waals surface area (Å²) in [6, 6.07) is 2.30. The van der Waals surface area contributed by atoms with E-state index in [1.807, 2.05) is 0 Å². The number of nitrogens with zero attached hydrogens (tertiary/aromatic N) is 2. The maximum Gasteiger partial charge on any atom is 0.108 e. The fourth-order valence-electron chi connectivity index (χ4n) is 2.84. The molecule has 1 fully saturated rings. The Morgan fingerprint density at radius 3 is 2.39 bits per heavy atom. The number of nitriles is 1. The van der Waals surface area contributed by atoms with Crippen molar-refractivity contribution in [3.05, 3.63) is 0 Å². The maximum atomic E-state index is 9.20.